The Morgan fingerprint density at radius 2 is 2.12 bits per heavy atom. The van der Waals surface area contributed by atoms with E-state index in [4.69, 9.17) is 10.00 Å². The molecule has 0 spiro atoms. The lowest BCUT2D eigenvalue weighted by Crippen LogP contribution is -2.12. The molecule has 0 bridgehead atoms. The van der Waals surface area contributed by atoms with Crippen molar-refractivity contribution in [2.24, 2.45) is 0 Å². The highest BCUT2D eigenvalue weighted by molar-refractivity contribution is 7.13. The van der Waals surface area contributed by atoms with Crippen LogP contribution < -0.4 is 10.1 Å². The Labute approximate surface area is 155 Å². The van der Waals surface area contributed by atoms with Crippen LogP contribution in [0.3, 0.4) is 0 Å². The molecule has 6 heteroatoms. The van der Waals surface area contributed by atoms with Gasteiger partial charge in [-0.3, -0.25) is 4.79 Å². The normalized spacial score (nSPS) is 10.2. The van der Waals surface area contributed by atoms with E-state index in [0.29, 0.717) is 24.1 Å². The fourth-order valence-corrected chi connectivity index (χ4v) is 3.38. The van der Waals surface area contributed by atoms with Gasteiger partial charge >= 0.3 is 0 Å². The highest BCUT2D eigenvalue weighted by atomic mass is 32.1. The molecule has 130 valence electrons. The van der Waals surface area contributed by atoms with Crippen LogP contribution in [0.1, 0.15) is 17.7 Å². The number of amides is 1. The predicted molar refractivity (Wildman–Crippen MR) is 102 cm³/mol. The molecule has 3 rings (SSSR count). The second-order valence-corrected chi connectivity index (χ2v) is 6.44. The number of methoxy groups -OCH3 is 1. The van der Waals surface area contributed by atoms with Gasteiger partial charge in [0.2, 0.25) is 5.91 Å². The third kappa shape index (κ3) is 4.26. The van der Waals surface area contributed by atoms with E-state index >= 15 is 0 Å². The molecule has 26 heavy (non-hydrogen) atoms. The van der Waals surface area contributed by atoms with Crippen LogP contribution in [0.5, 0.6) is 5.75 Å². The van der Waals surface area contributed by atoms with Crippen molar-refractivity contribution in [1.82, 2.24) is 4.98 Å². The number of hydrogen-bond acceptors (Lipinski definition) is 5. The van der Waals surface area contributed by atoms with Gasteiger partial charge in [0.1, 0.15) is 10.8 Å². The first-order valence-corrected chi connectivity index (χ1v) is 8.95. The number of aromatic nitrogens is 1. The summed E-state index contributed by atoms with van der Waals surface area (Å²) in [7, 11) is 1.64. The van der Waals surface area contributed by atoms with Gasteiger partial charge in [-0.05, 0) is 36.8 Å². The van der Waals surface area contributed by atoms with Crippen molar-refractivity contribution in [3.05, 3.63) is 65.2 Å². The SMILES string of the molecule is COc1ccccc1-c1nc(CCC(=O)Nc2cccc(C#N)c2)cs1. The Morgan fingerprint density at radius 1 is 1.27 bits per heavy atom. The molecule has 3 aromatic rings. The lowest BCUT2D eigenvalue weighted by molar-refractivity contribution is -0.116. The van der Waals surface area contributed by atoms with Crippen molar-refractivity contribution in [2.75, 3.05) is 12.4 Å². The number of thiazole rings is 1. The summed E-state index contributed by atoms with van der Waals surface area (Å²) < 4.78 is 5.37. The minimum atomic E-state index is -0.105. The standard InChI is InChI=1S/C20H17N3O2S/c1-25-18-8-3-2-7-17(18)20-23-16(13-26-20)9-10-19(24)22-15-6-4-5-14(11-15)12-21/h2-8,11,13H,9-10H2,1H3,(H,22,24). The Morgan fingerprint density at radius 3 is 2.92 bits per heavy atom. The molecule has 5 nitrogen and oxygen atoms in total. The van der Waals surface area contributed by atoms with Gasteiger partial charge in [0.15, 0.2) is 0 Å². The molecular weight excluding hydrogens is 346 g/mol. The topological polar surface area (TPSA) is 75.0 Å². The van der Waals surface area contributed by atoms with E-state index < -0.39 is 0 Å². The molecule has 0 saturated carbocycles. The third-order valence-electron chi connectivity index (χ3n) is 3.77. The Bertz CT molecular complexity index is 959. The number of para-hydroxylation sites is 1. The minimum absolute atomic E-state index is 0.105. The summed E-state index contributed by atoms with van der Waals surface area (Å²) in [4.78, 5) is 16.7. The Kier molecular flexibility index (Phi) is 5.62. The molecule has 1 aromatic heterocycles. The van der Waals surface area contributed by atoms with E-state index in [2.05, 4.69) is 16.4 Å². The molecule has 0 aliphatic heterocycles. The van der Waals surface area contributed by atoms with E-state index in [9.17, 15) is 4.79 Å². The van der Waals surface area contributed by atoms with Crippen molar-refractivity contribution in [3.8, 4) is 22.4 Å². The van der Waals surface area contributed by atoms with Crippen molar-refractivity contribution < 1.29 is 9.53 Å². The first-order valence-electron chi connectivity index (χ1n) is 8.07. The van der Waals surface area contributed by atoms with Crippen LogP contribution in [0.2, 0.25) is 0 Å². The van der Waals surface area contributed by atoms with Crippen LogP contribution in [0.25, 0.3) is 10.6 Å². The molecule has 0 saturated heterocycles. The first kappa shape index (κ1) is 17.6. The van der Waals surface area contributed by atoms with E-state index in [1.54, 1.807) is 31.4 Å². The summed E-state index contributed by atoms with van der Waals surface area (Å²) >= 11 is 1.53. The summed E-state index contributed by atoms with van der Waals surface area (Å²) in [6, 6.07) is 16.7. The lowest BCUT2D eigenvalue weighted by Gasteiger charge is -2.05. The number of anilines is 1. The average Bonchev–Trinajstić information content (AvgIpc) is 3.15. The molecule has 0 atom stereocenters. The van der Waals surface area contributed by atoms with Gasteiger partial charge in [-0.1, -0.05) is 18.2 Å². The van der Waals surface area contributed by atoms with Crippen LogP contribution in [0.4, 0.5) is 5.69 Å². The van der Waals surface area contributed by atoms with Crippen LogP contribution in [0.15, 0.2) is 53.9 Å². The summed E-state index contributed by atoms with van der Waals surface area (Å²) in [5, 5.41) is 14.6. The van der Waals surface area contributed by atoms with Gasteiger partial charge in [0, 0.05) is 17.5 Å². The van der Waals surface area contributed by atoms with Gasteiger partial charge in [0.25, 0.3) is 0 Å². The van der Waals surface area contributed by atoms with E-state index in [1.165, 1.54) is 11.3 Å². The van der Waals surface area contributed by atoms with Crippen LogP contribution in [-0.4, -0.2) is 18.0 Å². The fraction of sp³-hybridized carbons (Fsp3) is 0.150. The summed E-state index contributed by atoms with van der Waals surface area (Å²) in [6.07, 6.45) is 0.876. The summed E-state index contributed by atoms with van der Waals surface area (Å²) in [5.41, 5.74) is 2.96. The summed E-state index contributed by atoms with van der Waals surface area (Å²) in [5.74, 6) is 0.676. The molecule has 0 unspecified atom stereocenters. The molecular formula is C20H17N3O2S. The number of nitriles is 1. The molecule has 0 fully saturated rings. The maximum absolute atomic E-state index is 12.1. The minimum Gasteiger partial charge on any atom is -0.496 e. The van der Waals surface area contributed by atoms with Gasteiger partial charge in [0.05, 0.1) is 30.0 Å². The van der Waals surface area contributed by atoms with Crippen LogP contribution >= 0.6 is 11.3 Å². The molecule has 1 N–H and O–H groups in total. The molecule has 1 heterocycles. The monoisotopic (exact) mass is 363 g/mol. The van der Waals surface area contributed by atoms with Crippen LogP contribution in [0, 0.1) is 11.3 Å². The molecule has 2 aromatic carbocycles. The van der Waals surface area contributed by atoms with Gasteiger partial charge in [-0.2, -0.15) is 5.26 Å². The lowest BCUT2D eigenvalue weighted by atomic mass is 10.2. The van der Waals surface area contributed by atoms with Crippen molar-refractivity contribution in [2.45, 2.75) is 12.8 Å². The maximum Gasteiger partial charge on any atom is 0.224 e. The number of hydrogen-bond donors (Lipinski definition) is 1. The maximum atomic E-state index is 12.1. The first-order chi connectivity index (χ1) is 12.7. The van der Waals surface area contributed by atoms with E-state index in [-0.39, 0.29) is 5.91 Å². The van der Waals surface area contributed by atoms with Gasteiger partial charge in [-0.25, -0.2) is 4.98 Å². The molecule has 0 radical (unpaired) electrons. The number of aryl methyl sites for hydroxylation is 1. The quantitative estimate of drug-likeness (QED) is 0.710. The molecule has 0 aliphatic carbocycles. The second-order valence-electron chi connectivity index (χ2n) is 5.59. The molecule has 1 amide bonds. The Hall–Kier alpha value is -3.17. The zero-order valence-electron chi connectivity index (χ0n) is 14.2. The number of ether oxygens (including phenoxy) is 1. The second kappa shape index (κ2) is 8.28. The predicted octanol–water partition coefficient (Wildman–Crippen LogP) is 4.26. The number of nitrogens with zero attached hydrogens (tertiary/aromatic N) is 2. The van der Waals surface area contributed by atoms with E-state index in [1.807, 2.05) is 29.6 Å². The third-order valence-corrected chi connectivity index (χ3v) is 4.70. The zero-order chi connectivity index (χ0) is 18.4. The van der Waals surface area contributed by atoms with Gasteiger partial charge in [-0.15, -0.1) is 11.3 Å². The van der Waals surface area contributed by atoms with Crippen molar-refractivity contribution >= 4 is 22.9 Å². The van der Waals surface area contributed by atoms with E-state index in [0.717, 1.165) is 22.0 Å². The van der Waals surface area contributed by atoms with Crippen molar-refractivity contribution in [3.63, 3.8) is 0 Å². The fourth-order valence-electron chi connectivity index (χ4n) is 2.50. The number of carbonyl (C=O) groups is 1. The summed E-state index contributed by atoms with van der Waals surface area (Å²) in [6.45, 7) is 0. The Balaban J connectivity index is 1.61. The number of carbonyl (C=O) groups excluding carboxylic acids is 1. The smallest absolute Gasteiger partial charge is 0.224 e. The zero-order valence-corrected chi connectivity index (χ0v) is 15.0. The largest absolute Gasteiger partial charge is 0.496 e. The van der Waals surface area contributed by atoms with Crippen LogP contribution in [-0.2, 0) is 11.2 Å². The highest BCUT2D eigenvalue weighted by Crippen LogP contribution is 2.32. The number of rotatable bonds is 6. The average molecular weight is 363 g/mol. The highest BCUT2D eigenvalue weighted by Gasteiger charge is 2.11. The molecule has 0 aliphatic rings. The number of benzene rings is 2. The van der Waals surface area contributed by atoms with Crippen molar-refractivity contribution in [1.29, 1.82) is 5.26 Å². The van der Waals surface area contributed by atoms with Gasteiger partial charge < -0.3 is 10.1 Å². The number of nitrogens with one attached hydrogen (secondary N) is 1.